The lowest BCUT2D eigenvalue weighted by Gasteiger charge is -2.53. The van der Waals surface area contributed by atoms with Gasteiger partial charge < -0.3 is 4.74 Å². The van der Waals surface area contributed by atoms with Crippen LogP contribution in [0.5, 0.6) is 0 Å². The van der Waals surface area contributed by atoms with Crippen molar-refractivity contribution >= 4 is 0 Å². The Hall–Kier alpha value is -2.37. The molecule has 2 heteroatoms. The van der Waals surface area contributed by atoms with Crippen molar-refractivity contribution in [3.8, 4) is 6.07 Å². The molecule has 0 aromatic heterocycles. The minimum Gasteiger partial charge on any atom is -0.380 e. The number of ether oxygens (including phenoxy) is 1. The molecule has 0 N–H and O–H groups in total. The van der Waals surface area contributed by atoms with E-state index in [1.165, 1.54) is 16.7 Å². The Bertz CT molecular complexity index is 848. The molecule has 0 radical (unpaired) electrons. The average molecular weight is 299 g/mol. The SMILES string of the molecule is N#CC1=C[C@H]2c3ccccc3C(c3ccccc3)[C@@H]3COC[C@]123. The van der Waals surface area contributed by atoms with Gasteiger partial charge in [-0.15, -0.1) is 0 Å². The Balaban J connectivity index is 1.77. The minimum atomic E-state index is -0.108. The van der Waals surface area contributed by atoms with Gasteiger partial charge in [-0.1, -0.05) is 60.7 Å². The molecule has 1 spiro atoms. The first-order valence-electron chi connectivity index (χ1n) is 8.20. The van der Waals surface area contributed by atoms with Crippen molar-refractivity contribution in [1.82, 2.24) is 0 Å². The predicted octanol–water partition coefficient (Wildman–Crippen LogP) is 4.01. The predicted molar refractivity (Wildman–Crippen MR) is 87.9 cm³/mol. The van der Waals surface area contributed by atoms with Crippen molar-refractivity contribution in [2.75, 3.05) is 13.2 Å². The smallest absolute Gasteiger partial charge is 0.0951 e. The number of benzene rings is 2. The van der Waals surface area contributed by atoms with Gasteiger partial charge in [-0.3, -0.25) is 0 Å². The molecule has 3 aliphatic rings. The van der Waals surface area contributed by atoms with Crippen molar-refractivity contribution in [3.05, 3.63) is 82.9 Å². The summed E-state index contributed by atoms with van der Waals surface area (Å²) in [4.78, 5) is 0. The second kappa shape index (κ2) is 4.57. The van der Waals surface area contributed by atoms with E-state index in [2.05, 4.69) is 66.7 Å². The Kier molecular flexibility index (Phi) is 2.60. The standard InChI is InChI=1S/C21H17NO/c22-11-15-10-18-16-8-4-5-9-17(16)20(14-6-2-1-3-7-14)19-12-23-13-21(15,18)19/h1-10,18-20H,12-13H2/t18-,19-,20?,21-/m0/s1. The lowest BCUT2D eigenvalue weighted by atomic mass is 9.47. The fourth-order valence-electron chi connectivity index (χ4n) is 5.02. The quantitative estimate of drug-likeness (QED) is 0.797. The lowest BCUT2D eigenvalue weighted by molar-refractivity contribution is 0.146. The largest absolute Gasteiger partial charge is 0.380 e. The van der Waals surface area contributed by atoms with Gasteiger partial charge in [0.05, 0.1) is 19.3 Å². The van der Waals surface area contributed by atoms with Crippen LogP contribution in [0.2, 0.25) is 0 Å². The fraction of sp³-hybridized carbons (Fsp3) is 0.286. The zero-order chi connectivity index (χ0) is 15.4. The number of rotatable bonds is 1. The molecule has 2 nitrogen and oxygen atoms in total. The molecule has 0 saturated carbocycles. The van der Waals surface area contributed by atoms with Crippen LogP contribution >= 0.6 is 0 Å². The highest BCUT2D eigenvalue weighted by Crippen LogP contribution is 2.67. The van der Waals surface area contributed by atoms with Crippen molar-refractivity contribution in [2.24, 2.45) is 11.3 Å². The Labute approximate surface area is 136 Å². The minimum absolute atomic E-state index is 0.108. The van der Waals surface area contributed by atoms with E-state index in [9.17, 15) is 5.26 Å². The molecule has 112 valence electrons. The molecule has 1 aliphatic heterocycles. The average Bonchev–Trinajstić information content (AvgIpc) is 3.04. The fourth-order valence-corrected chi connectivity index (χ4v) is 5.02. The van der Waals surface area contributed by atoms with E-state index in [4.69, 9.17) is 4.74 Å². The highest BCUT2D eigenvalue weighted by atomic mass is 16.5. The summed E-state index contributed by atoms with van der Waals surface area (Å²) in [7, 11) is 0. The van der Waals surface area contributed by atoms with Gasteiger partial charge in [-0.2, -0.15) is 5.26 Å². The zero-order valence-corrected chi connectivity index (χ0v) is 12.8. The molecule has 1 unspecified atom stereocenters. The van der Waals surface area contributed by atoms with E-state index >= 15 is 0 Å². The van der Waals surface area contributed by atoms with Gasteiger partial charge in [0.1, 0.15) is 0 Å². The maximum absolute atomic E-state index is 9.60. The number of hydrogen-bond acceptors (Lipinski definition) is 2. The number of nitriles is 1. The van der Waals surface area contributed by atoms with E-state index in [-0.39, 0.29) is 5.41 Å². The molecule has 2 aromatic carbocycles. The molecule has 2 aliphatic carbocycles. The normalized spacial score (nSPS) is 33.5. The Morgan fingerprint density at radius 2 is 1.74 bits per heavy atom. The van der Waals surface area contributed by atoms with Crippen LogP contribution in [0.15, 0.2) is 66.2 Å². The number of nitrogens with zero attached hydrogens (tertiary/aromatic N) is 1. The second-order valence-corrected chi connectivity index (χ2v) is 6.85. The molecule has 0 amide bonds. The van der Waals surface area contributed by atoms with Gasteiger partial charge in [0, 0.05) is 28.7 Å². The maximum atomic E-state index is 9.60. The zero-order valence-electron chi connectivity index (χ0n) is 12.8. The van der Waals surface area contributed by atoms with Crippen LogP contribution < -0.4 is 0 Å². The maximum Gasteiger partial charge on any atom is 0.0951 e. The van der Waals surface area contributed by atoms with Crippen LogP contribution in [0, 0.1) is 22.7 Å². The summed E-state index contributed by atoms with van der Waals surface area (Å²) in [5.41, 5.74) is 4.94. The van der Waals surface area contributed by atoms with Crippen LogP contribution in [0.25, 0.3) is 0 Å². The summed E-state index contributed by atoms with van der Waals surface area (Å²) in [6.45, 7) is 1.42. The molecule has 23 heavy (non-hydrogen) atoms. The summed E-state index contributed by atoms with van der Waals surface area (Å²) in [5.74, 6) is 0.994. The molecule has 0 bridgehead atoms. The number of fused-ring (bicyclic) bond motifs is 2. The molecular formula is C21H17NO. The molecule has 1 saturated heterocycles. The summed E-state index contributed by atoms with van der Waals surface area (Å²) in [6, 6.07) is 21.9. The summed E-state index contributed by atoms with van der Waals surface area (Å²) < 4.78 is 5.94. The Morgan fingerprint density at radius 1 is 1.00 bits per heavy atom. The van der Waals surface area contributed by atoms with Crippen molar-refractivity contribution < 1.29 is 4.74 Å². The topological polar surface area (TPSA) is 33.0 Å². The van der Waals surface area contributed by atoms with Gasteiger partial charge in [-0.05, 0) is 16.7 Å². The molecule has 4 atom stereocenters. The number of allylic oxidation sites excluding steroid dienone is 1. The highest BCUT2D eigenvalue weighted by Gasteiger charge is 2.62. The van der Waals surface area contributed by atoms with E-state index in [1.54, 1.807) is 0 Å². The molecule has 5 rings (SSSR count). The van der Waals surface area contributed by atoms with Crippen LogP contribution in [0.4, 0.5) is 0 Å². The summed E-state index contributed by atoms with van der Waals surface area (Å²) in [6.07, 6.45) is 2.15. The van der Waals surface area contributed by atoms with E-state index in [0.717, 1.165) is 12.2 Å². The third kappa shape index (κ3) is 1.51. The monoisotopic (exact) mass is 299 g/mol. The first-order chi connectivity index (χ1) is 11.4. The lowest BCUT2D eigenvalue weighted by Crippen LogP contribution is -2.49. The molecule has 1 heterocycles. The molecule has 2 aromatic rings. The van der Waals surface area contributed by atoms with Crippen molar-refractivity contribution in [2.45, 2.75) is 11.8 Å². The van der Waals surface area contributed by atoms with E-state index in [1.807, 2.05) is 0 Å². The Morgan fingerprint density at radius 3 is 2.52 bits per heavy atom. The van der Waals surface area contributed by atoms with Crippen LogP contribution in [0.3, 0.4) is 0 Å². The van der Waals surface area contributed by atoms with Gasteiger partial charge >= 0.3 is 0 Å². The third-order valence-electron chi connectivity index (χ3n) is 6.04. The van der Waals surface area contributed by atoms with Gasteiger partial charge in [-0.25, -0.2) is 0 Å². The van der Waals surface area contributed by atoms with Gasteiger partial charge in [0.15, 0.2) is 0 Å². The summed E-state index contributed by atoms with van der Waals surface area (Å²) in [5, 5.41) is 9.60. The van der Waals surface area contributed by atoms with Crippen LogP contribution in [-0.2, 0) is 4.74 Å². The van der Waals surface area contributed by atoms with Crippen LogP contribution in [-0.4, -0.2) is 13.2 Å². The van der Waals surface area contributed by atoms with Gasteiger partial charge in [0.2, 0.25) is 0 Å². The summed E-state index contributed by atoms with van der Waals surface area (Å²) >= 11 is 0. The first kappa shape index (κ1) is 13.1. The van der Waals surface area contributed by atoms with Gasteiger partial charge in [0.25, 0.3) is 0 Å². The van der Waals surface area contributed by atoms with Crippen molar-refractivity contribution in [3.63, 3.8) is 0 Å². The first-order valence-corrected chi connectivity index (χ1v) is 8.20. The number of hydrogen-bond donors (Lipinski definition) is 0. The molecular weight excluding hydrogens is 282 g/mol. The highest BCUT2D eigenvalue weighted by molar-refractivity contribution is 5.58. The third-order valence-corrected chi connectivity index (χ3v) is 6.04. The van der Waals surface area contributed by atoms with E-state index in [0.29, 0.717) is 24.4 Å². The van der Waals surface area contributed by atoms with E-state index < -0.39 is 0 Å². The molecule has 1 fully saturated rings. The van der Waals surface area contributed by atoms with Crippen molar-refractivity contribution in [1.29, 1.82) is 5.26 Å². The van der Waals surface area contributed by atoms with Crippen LogP contribution in [0.1, 0.15) is 28.5 Å². The second-order valence-electron chi connectivity index (χ2n) is 6.85.